The van der Waals surface area contributed by atoms with Crippen molar-refractivity contribution in [2.24, 2.45) is 7.05 Å². The second-order valence-electron chi connectivity index (χ2n) is 5.58. The summed E-state index contributed by atoms with van der Waals surface area (Å²) in [4.78, 5) is 8.78. The molecule has 1 rings (SSSR count). The van der Waals surface area contributed by atoms with Gasteiger partial charge in [-0.3, -0.25) is 0 Å². The summed E-state index contributed by atoms with van der Waals surface area (Å²) in [5, 5.41) is 8.78. The third kappa shape index (κ3) is 12.7. The van der Waals surface area contributed by atoms with Gasteiger partial charge in [-0.1, -0.05) is 45.4 Å². The zero-order valence-corrected chi connectivity index (χ0v) is 13.9. The van der Waals surface area contributed by atoms with E-state index in [-0.39, 0.29) is 0 Å². The summed E-state index contributed by atoms with van der Waals surface area (Å²) < 4.78 is 35.9. The zero-order valence-electron chi connectivity index (χ0n) is 13.9. The molecule has 0 aromatic carbocycles. The quantitative estimate of drug-likeness (QED) is 0.514. The van der Waals surface area contributed by atoms with Gasteiger partial charge in [-0.05, 0) is 12.8 Å². The predicted octanol–water partition coefficient (Wildman–Crippen LogP) is 2.75. The Morgan fingerprint density at radius 3 is 1.96 bits per heavy atom. The molecule has 7 heteroatoms. The molecular weight excluding hydrogens is 309 g/mol. The van der Waals surface area contributed by atoms with Crippen molar-refractivity contribution in [3.63, 3.8) is 0 Å². The highest BCUT2D eigenvalue weighted by Gasteiger charge is 2.28. The molecule has 0 atom stereocenters. The highest BCUT2D eigenvalue weighted by Crippen LogP contribution is 2.11. The summed E-state index contributed by atoms with van der Waals surface area (Å²) in [6, 6.07) is 0. The number of carboxylic acid groups (broad SMARTS) is 1. The molecule has 1 aromatic heterocycles. The first-order valence-electron chi connectivity index (χ1n) is 8.06. The minimum Gasteiger partial charge on any atom is -0.542 e. The first-order valence-corrected chi connectivity index (χ1v) is 8.06. The van der Waals surface area contributed by atoms with Crippen LogP contribution in [0.3, 0.4) is 0 Å². The van der Waals surface area contributed by atoms with E-state index in [1.165, 1.54) is 57.9 Å². The monoisotopic (exact) mass is 336 g/mol. The summed E-state index contributed by atoms with van der Waals surface area (Å²) in [6.07, 6.45) is 12.4. The van der Waals surface area contributed by atoms with Gasteiger partial charge in [0.05, 0.1) is 13.6 Å². The molecule has 0 N–H and O–H groups in total. The summed E-state index contributed by atoms with van der Waals surface area (Å²) in [5.41, 5.74) is 0. The molecule has 0 radical (unpaired) electrons. The summed E-state index contributed by atoms with van der Waals surface area (Å²) in [7, 11) is 2.07. The second-order valence-corrected chi connectivity index (χ2v) is 5.58. The predicted molar refractivity (Wildman–Crippen MR) is 79.3 cm³/mol. The molecule has 23 heavy (non-hydrogen) atoms. The van der Waals surface area contributed by atoms with Gasteiger partial charge in [0.15, 0.2) is 0 Å². The van der Waals surface area contributed by atoms with Crippen molar-refractivity contribution in [1.29, 1.82) is 0 Å². The van der Waals surface area contributed by atoms with Crippen molar-refractivity contribution in [2.45, 2.75) is 71.0 Å². The Balaban J connectivity index is 0.000000585. The molecule has 0 aliphatic carbocycles. The van der Waals surface area contributed by atoms with E-state index in [9.17, 15) is 13.2 Å². The number of aromatic nitrogens is 2. The van der Waals surface area contributed by atoms with E-state index in [4.69, 9.17) is 9.90 Å². The molecule has 0 aliphatic heterocycles. The van der Waals surface area contributed by atoms with Gasteiger partial charge in [-0.25, -0.2) is 9.13 Å². The summed E-state index contributed by atoms with van der Waals surface area (Å²) in [5.74, 6) is -3.01. The highest BCUT2D eigenvalue weighted by molar-refractivity contribution is 5.70. The van der Waals surface area contributed by atoms with Crippen LogP contribution in [0, 0.1) is 0 Å². The fraction of sp³-hybridized carbons (Fsp3) is 0.750. The third-order valence-corrected chi connectivity index (χ3v) is 3.33. The van der Waals surface area contributed by atoms with Crippen molar-refractivity contribution < 1.29 is 27.6 Å². The lowest BCUT2D eigenvalue weighted by Gasteiger charge is -2.03. The van der Waals surface area contributed by atoms with E-state index >= 15 is 0 Å². The standard InChI is InChI=1S/C14H27N2.C2HF3O2/c1-3-4-5-6-7-8-9-10-11-16-13-12-15(2)14-16;3-2(4,5)1(6)7/h12-14H,3-11H2,1-2H3;(H,6,7)/q+1;/p-1. The van der Waals surface area contributed by atoms with Gasteiger partial charge in [0.2, 0.25) is 6.33 Å². The number of carbonyl (C=O) groups excluding carboxylic acids is 1. The number of aryl methyl sites for hydroxylation is 2. The third-order valence-electron chi connectivity index (χ3n) is 3.33. The van der Waals surface area contributed by atoms with Gasteiger partial charge < -0.3 is 9.90 Å². The number of alkyl halides is 3. The van der Waals surface area contributed by atoms with E-state index in [1.807, 2.05) is 0 Å². The number of rotatable bonds is 9. The lowest BCUT2D eigenvalue weighted by atomic mass is 10.1. The maximum atomic E-state index is 10.5. The molecule has 0 saturated carbocycles. The summed E-state index contributed by atoms with van der Waals surface area (Å²) >= 11 is 0. The van der Waals surface area contributed by atoms with Gasteiger partial charge in [-0.2, -0.15) is 13.2 Å². The molecule has 0 spiro atoms. The van der Waals surface area contributed by atoms with Gasteiger partial charge in [0.1, 0.15) is 18.4 Å². The van der Waals surface area contributed by atoms with Crippen molar-refractivity contribution in [3.05, 3.63) is 18.7 Å². The number of carboxylic acids is 1. The number of imidazole rings is 1. The van der Waals surface area contributed by atoms with E-state index in [1.54, 1.807) is 0 Å². The van der Waals surface area contributed by atoms with Crippen LogP contribution in [0.1, 0.15) is 58.3 Å². The topological polar surface area (TPSA) is 48.9 Å². The minimum atomic E-state index is -5.19. The Hall–Kier alpha value is -1.53. The Kier molecular flexibility index (Phi) is 11.2. The number of unbranched alkanes of at least 4 members (excludes halogenated alkanes) is 7. The molecule has 0 unspecified atom stereocenters. The van der Waals surface area contributed by atoms with Gasteiger partial charge >= 0.3 is 6.18 Å². The van der Waals surface area contributed by atoms with E-state index in [0.717, 1.165) is 0 Å². The van der Waals surface area contributed by atoms with E-state index < -0.39 is 12.1 Å². The average Bonchev–Trinajstić information content (AvgIpc) is 2.87. The molecule has 0 amide bonds. The highest BCUT2D eigenvalue weighted by atomic mass is 19.4. The van der Waals surface area contributed by atoms with Crippen LogP contribution >= 0.6 is 0 Å². The molecule has 0 saturated heterocycles. The molecule has 4 nitrogen and oxygen atoms in total. The van der Waals surface area contributed by atoms with Crippen LogP contribution in [-0.4, -0.2) is 16.7 Å². The zero-order chi connectivity index (χ0) is 17.7. The Morgan fingerprint density at radius 2 is 1.57 bits per heavy atom. The number of hydrogen-bond donors (Lipinski definition) is 0. The molecule has 0 aliphatic rings. The SMILES string of the molecule is CCCCCCCCCCn1cc[n+](C)c1.O=C([O-])C(F)(F)F. The minimum absolute atomic E-state index is 1.18. The lowest BCUT2D eigenvalue weighted by molar-refractivity contribution is -0.671. The lowest BCUT2D eigenvalue weighted by Crippen LogP contribution is -2.37. The first kappa shape index (κ1) is 21.5. The molecule has 0 fully saturated rings. The van der Waals surface area contributed by atoms with Gasteiger partial charge in [0, 0.05) is 0 Å². The number of carbonyl (C=O) groups is 1. The largest absolute Gasteiger partial charge is 0.542 e. The average molecular weight is 336 g/mol. The summed E-state index contributed by atoms with van der Waals surface area (Å²) in [6.45, 7) is 3.45. The Morgan fingerprint density at radius 1 is 1.09 bits per heavy atom. The van der Waals surface area contributed by atoms with Crippen LogP contribution in [0.5, 0.6) is 0 Å². The first-order chi connectivity index (χ1) is 10.8. The van der Waals surface area contributed by atoms with Crippen molar-refractivity contribution >= 4 is 5.97 Å². The normalized spacial score (nSPS) is 11.0. The van der Waals surface area contributed by atoms with Crippen LogP contribution in [0.15, 0.2) is 18.7 Å². The van der Waals surface area contributed by atoms with Crippen LogP contribution in [-0.2, 0) is 18.4 Å². The molecule has 1 aromatic rings. The van der Waals surface area contributed by atoms with Gasteiger partial charge in [0.25, 0.3) is 0 Å². The van der Waals surface area contributed by atoms with Crippen LogP contribution in [0.25, 0.3) is 0 Å². The fourth-order valence-corrected chi connectivity index (χ4v) is 2.06. The number of nitrogens with zero attached hydrogens (tertiary/aromatic N) is 2. The Labute approximate surface area is 135 Å². The molecule has 0 bridgehead atoms. The number of aliphatic carboxylic acids is 1. The van der Waals surface area contributed by atoms with Crippen LogP contribution in [0.2, 0.25) is 0 Å². The molecular formula is C16H27F3N2O2. The van der Waals surface area contributed by atoms with Crippen molar-refractivity contribution in [2.75, 3.05) is 0 Å². The number of halogens is 3. The van der Waals surface area contributed by atoms with E-state index in [0.29, 0.717) is 0 Å². The molecule has 1 heterocycles. The van der Waals surface area contributed by atoms with E-state index in [2.05, 4.69) is 41.8 Å². The molecule has 134 valence electrons. The Bertz CT molecular complexity index is 431. The van der Waals surface area contributed by atoms with Gasteiger partial charge in [-0.15, -0.1) is 0 Å². The van der Waals surface area contributed by atoms with Crippen LogP contribution in [0.4, 0.5) is 13.2 Å². The van der Waals surface area contributed by atoms with Crippen molar-refractivity contribution in [3.8, 4) is 0 Å². The second kappa shape index (κ2) is 12.0. The van der Waals surface area contributed by atoms with Crippen LogP contribution < -0.4 is 9.67 Å². The van der Waals surface area contributed by atoms with Crippen molar-refractivity contribution in [1.82, 2.24) is 4.57 Å². The maximum Gasteiger partial charge on any atom is 0.430 e. The maximum absolute atomic E-state index is 10.5. The number of hydrogen-bond acceptors (Lipinski definition) is 2. The smallest absolute Gasteiger partial charge is 0.430 e. The fourth-order valence-electron chi connectivity index (χ4n) is 2.06.